The molecular weight excluding hydrogens is 220 g/mol. The van der Waals surface area contributed by atoms with Crippen molar-refractivity contribution in [3.63, 3.8) is 0 Å². The molecule has 1 heterocycles. The van der Waals surface area contributed by atoms with Crippen molar-refractivity contribution in [1.82, 2.24) is 4.98 Å². The fourth-order valence-corrected chi connectivity index (χ4v) is 2.28. The maximum atomic E-state index is 10.8. The number of ether oxygens (including phenoxy) is 1. The lowest BCUT2D eigenvalue weighted by Gasteiger charge is -2.27. The van der Waals surface area contributed by atoms with Crippen LogP contribution in [-0.4, -0.2) is 16.0 Å². The van der Waals surface area contributed by atoms with Gasteiger partial charge in [0.2, 0.25) is 5.75 Å². The van der Waals surface area contributed by atoms with Gasteiger partial charge in [-0.1, -0.05) is 13.8 Å². The van der Waals surface area contributed by atoms with Gasteiger partial charge in [-0.05, 0) is 41.3 Å². The SMILES string of the molecule is CC1(C)CCC[C@@H]1Oc1cccnc1[N+](=O)[O-]. The summed E-state index contributed by atoms with van der Waals surface area (Å²) < 4.78 is 5.78. The van der Waals surface area contributed by atoms with Crippen LogP contribution in [0.2, 0.25) is 0 Å². The summed E-state index contributed by atoms with van der Waals surface area (Å²) in [6.07, 6.45) is 4.58. The molecule has 0 N–H and O–H groups in total. The quantitative estimate of drug-likeness (QED) is 0.597. The third kappa shape index (κ3) is 2.38. The van der Waals surface area contributed by atoms with Crippen molar-refractivity contribution >= 4 is 5.82 Å². The molecule has 0 aliphatic heterocycles. The van der Waals surface area contributed by atoms with Gasteiger partial charge in [-0.25, -0.2) is 0 Å². The standard InChI is InChI=1S/C12H16N2O3/c1-12(2)7-3-6-10(12)17-9-5-4-8-13-11(9)14(15)16/h4-5,8,10H,3,6-7H2,1-2H3/t10-/m0/s1. The van der Waals surface area contributed by atoms with Crippen molar-refractivity contribution in [1.29, 1.82) is 0 Å². The molecule has 1 fully saturated rings. The topological polar surface area (TPSA) is 65.3 Å². The maximum Gasteiger partial charge on any atom is 0.406 e. The Bertz CT molecular complexity index is 432. The van der Waals surface area contributed by atoms with Crippen LogP contribution in [0.25, 0.3) is 0 Å². The first kappa shape index (κ1) is 11.8. The summed E-state index contributed by atoms with van der Waals surface area (Å²) >= 11 is 0. The average molecular weight is 236 g/mol. The van der Waals surface area contributed by atoms with Crippen LogP contribution in [0.15, 0.2) is 18.3 Å². The van der Waals surface area contributed by atoms with E-state index in [4.69, 9.17) is 4.74 Å². The van der Waals surface area contributed by atoms with Crippen LogP contribution in [0.5, 0.6) is 5.75 Å². The number of aromatic nitrogens is 1. The van der Waals surface area contributed by atoms with Crippen LogP contribution in [0.3, 0.4) is 0 Å². The Hall–Kier alpha value is -1.65. The summed E-state index contributed by atoms with van der Waals surface area (Å²) in [6, 6.07) is 3.27. The molecule has 5 nitrogen and oxygen atoms in total. The molecular formula is C12H16N2O3. The smallest absolute Gasteiger partial charge is 0.406 e. The molecule has 0 spiro atoms. The zero-order chi connectivity index (χ0) is 12.5. The highest BCUT2D eigenvalue weighted by Crippen LogP contribution is 2.40. The summed E-state index contributed by atoms with van der Waals surface area (Å²) in [4.78, 5) is 14.1. The molecule has 1 atom stereocenters. The zero-order valence-corrected chi connectivity index (χ0v) is 10.0. The Labute approximate surface area is 100.0 Å². The first-order valence-electron chi connectivity index (χ1n) is 5.77. The molecule has 1 aromatic rings. The minimum atomic E-state index is -0.503. The van der Waals surface area contributed by atoms with E-state index in [1.54, 1.807) is 12.1 Å². The van der Waals surface area contributed by atoms with Crippen LogP contribution >= 0.6 is 0 Å². The van der Waals surface area contributed by atoms with Gasteiger partial charge >= 0.3 is 5.82 Å². The molecule has 0 aromatic carbocycles. The lowest BCUT2D eigenvalue weighted by atomic mass is 9.89. The predicted octanol–water partition coefficient (Wildman–Crippen LogP) is 2.95. The Kier molecular flexibility index (Phi) is 3.00. The third-order valence-electron chi connectivity index (χ3n) is 3.35. The summed E-state index contributed by atoms with van der Waals surface area (Å²) in [5, 5.41) is 10.8. The van der Waals surface area contributed by atoms with E-state index in [2.05, 4.69) is 18.8 Å². The van der Waals surface area contributed by atoms with Gasteiger partial charge < -0.3 is 14.9 Å². The van der Waals surface area contributed by atoms with Crippen molar-refractivity contribution in [2.75, 3.05) is 0 Å². The largest absolute Gasteiger partial charge is 0.482 e. The van der Waals surface area contributed by atoms with Crippen LogP contribution in [0, 0.1) is 15.5 Å². The second-order valence-corrected chi connectivity index (χ2v) is 5.07. The van der Waals surface area contributed by atoms with Gasteiger partial charge in [0.15, 0.2) is 0 Å². The molecule has 0 unspecified atom stereocenters. The van der Waals surface area contributed by atoms with Crippen molar-refractivity contribution in [2.24, 2.45) is 5.41 Å². The first-order chi connectivity index (χ1) is 8.00. The fraction of sp³-hybridized carbons (Fsp3) is 0.583. The van der Waals surface area contributed by atoms with Gasteiger partial charge in [0.1, 0.15) is 12.3 Å². The van der Waals surface area contributed by atoms with Gasteiger partial charge in [0.05, 0.1) is 0 Å². The lowest BCUT2D eigenvalue weighted by Crippen LogP contribution is -2.29. The number of pyridine rings is 1. The van der Waals surface area contributed by atoms with E-state index >= 15 is 0 Å². The molecule has 0 radical (unpaired) electrons. The Morgan fingerprint density at radius 3 is 2.94 bits per heavy atom. The summed E-state index contributed by atoms with van der Waals surface area (Å²) in [5.74, 6) is 0.0766. The highest BCUT2D eigenvalue weighted by atomic mass is 16.6. The summed E-state index contributed by atoms with van der Waals surface area (Å²) in [6.45, 7) is 4.26. The Morgan fingerprint density at radius 1 is 1.59 bits per heavy atom. The van der Waals surface area contributed by atoms with Gasteiger partial charge in [-0.3, -0.25) is 0 Å². The molecule has 1 aliphatic rings. The number of nitrogens with zero attached hydrogens (tertiary/aromatic N) is 2. The number of hydrogen-bond donors (Lipinski definition) is 0. The highest BCUT2D eigenvalue weighted by molar-refractivity contribution is 5.38. The van der Waals surface area contributed by atoms with E-state index in [9.17, 15) is 10.1 Å². The second-order valence-electron chi connectivity index (χ2n) is 5.07. The molecule has 1 aromatic heterocycles. The van der Waals surface area contributed by atoms with Crippen LogP contribution in [0.4, 0.5) is 5.82 Å². The van der Waals surface area contributed by atoms with E-state index in [-0.39, 0.29) is 23.1 Å². The van der Waals surface area contributed by atoms with Crippen molar-refractivity contribution < 1.29 is 9.66 Å². The summed E-state index contributed by atoms with van der Waals surface area (Å²) in [5.41, 5.74) is 0.0731. The predicted molar refractivity (Wildman–Crippen MR) is 62.9 cm³/mol. The van der Waals surface area contributed by atoms with Gasteiger partial charge in [-0.2, -0.15) is 0 Å². The normalized spacial score (nSPS) is 22.4. The number of nitro groups is 1. The van der Waals surface area contributed by atoms with Crippen molar-refractivity contribution in [3.8, 4) is 5.75 Å². The molecule has 0 saturated heterocycles. The third-order valence-corrected chi connectivity index (χ3v) is 3.35. The Morgan fingerprint density at radius 2 is 2.35 bits per heavy atom. The monoisotopic (exact) mass is 236 g/mol. The minimum Gasteiger partial charge on any atom is -0.482 e. The molecule has 5 heteroatoms. The van der Waals surface area contributed by atoms with E-state index in [0.29, 0.717) is 0 Å². The molecule has 92 valence electrons. The molecule has 2 rings (SSSR count). The molecule has 17 heavy (non-hydrogen) atoms. The summed E-state index contributed by atoms with van der Waals surface area (Å²) in [7, 11) is 0. The van der Waals surface area contributed by atoms with Crippen LogP contribution in [0.1, 0.15) is 33.1 Å². The molecule has 1 aliphatic carbocycles. The Balaban J connectivity index is 2.21. The number of hydrogen-bond acceptors (Lipinski definition) is 4. The second kappa shape index (κ2) is 4.31. The van der Waals surface area contributed by atoms with E-state index < -0.39 is 4.92 Å². The molecule has 0 amide bonds. The zero-order valence-electron chi connectivity index (χ0n) is 10.0. The number of rotatable bonds is 3. The van der Waals surface area contributed by atoms with Gasteiger partial charge in [-0.15, -0.1) is 0 Å². The maximum absolute atomic E-state index is 10.8. The highest BCUT2D eigenvalue weighted by Gasteiger charge is 2.37. The van der Waals surface area contributed by atoms with Gasteiger partial charge in [0.25, 0.3) is 0 Å². The van der Waals surface area contributed by atoms with E-state index in [1.807, 2.05) is 0 Å². The lowest BCUT2D eigenvalue weighted by molar-refractivity contribution is -0.390. The van der Waals surface area contributed by atoms with E-state index in [0.717, 1.165) is 19.3 Å². The van der Waals surface area contributed by atoms with Crippen LogP contribution < -0.4 is 4.74 Å². The van der Waals surface area contributed by atoms with Crippen molar-refractivity contribution in [3.05, 3.63) is 28.4 Å². The van der Waals surface area contributed by atoms with Crippen molar-refractivity contribution in [2.45, 2.75) is 39.2 Å². The van der Waals surface area contributed by atoms with Crippen LogP contribution in [-0.2, 0) is 0 Å². The van der Waals surface area contributed by atoms with Gasteiger partial charge in [0, 0.05) is 5.41 Å². The average Bonchev–Trinajstić information content (AvgIpc) is 2.59. The molecule has 1 saturated carbocycles. The minimum absolute atomic E-state index is 0.0328. The fourth-order valence-electron chi connectivity index (χ4n) is 2.28. The van der Waals surface area contributed by atoms with E-state index in [1.165, 1.54) is 6.20 Å². The molecule has 0 bridgehead atoms. The first-order valence-corrected chi connectivity index (χ1v) is 5.77.